The number of nitrogens with zero attached hydrogens (tertiary/aromatic N) is 3. The molecule has 2 aliphatic rings. The van der Waals surface area contributed by atoms with Crippen molar-refractivity contribution in [3.05, 3.63) is 63.2 Å². The second kappa shape index (κ2) is 5.82. The van der Waals surface area contributed by atoms with E-state index in [-0.39, 0.29) is 11.5 Å². The third-order valence-electron chi connectivity index (χ3n) is 5.72. The predicted molar refractivity (Wildman–Crippen MR) is 110 cm³/mol. The van der Waals surface area contributed by atoms with Crippen LogP contribution in [0.15, 0.2) is 41.2 Å². The molecule has 2 aromatic carbocycles. The Morgan fingerprint density at radius 2 is 2.00 bits per heavy atom. The molecule has 1 N–H and O–H groups in total. The Bertz CT molecular complexity index is 1210. The molecule has 1 saturated heterocycles. The molecule has 0 atom stereocenters. The number of amides is 1. The number of carbonyl (C=O) groups is 1. The van der Waals surface area contributed by atoms with Gasteiger partial charge in [0.15, 0.2) is 0 Å². The van der Waals surface area contributed by atoms with Crippen molar-refractivity contribution in [2.24, 2.45) is 0 Å². The zero-order chi connectivity index (χ0) is 19.6. The highest BCUT2D eigenvalue weighted by Gasteiger charge is 2.39. The number of carbonyl (C=O) groups excluding carboxylic acids is 1. The molecule has 3 aromatic rings. The third-order valence-corrected chi connectivity index (χ3v) is 6.04. The van der Waals surface area contributed by atoms with Crippen molar-refractivity contribution in [3.63, 3.8) is 0 Å². The lowest BCUT2D eigenvalue weighted by Gasteiger charge is -2.29. The molecular formula is C21H19ClN4O2. The first-order valence-corrected chi connectivity index (χ1v) is 9.64. The smallest absolute Gasteiger partial charge is 0.282 e. The van der Waals surface area contributed by atoms with Crippen LogP contribution < -0.4 is 15.8 Å². The van der Waals surface area contributed by atoms with Crippen LogP contribution >= 0.6 is 11.6 Å². The summed E-state index contributed by atoms with van der Waals surface area (Å²) >= 11 is 6.33. The lowest BCUT2D eigenvalue weighted by Crippen LogP contribution is -2.47. The van der Waals surface area contributed by atoms with Crippen molar-refractivity contribution >= 4 is 34.1 Å². The lowest BCUT2D eigenvalue weighted by molar-refractivity contribution is -0.120. The minimum Gasteiger partial charge on any atom is -0.360 e. The van der Waals surface area contributed by atoms with Crippen molar-refractivity contribution < 1.29 is 4.79 Å². The van der Waals surface area contributed by atoms with Crippen molar-refractivity contribution in [1.82, 2.24) is 14.9 Å². The van der Waals surface area contributed by atoms with Gasteiger partial charge in [-0.15, -0.1) is 0 Å². The van der Waals surface area contributed by atoms with Gasteiger partial charge in [-0.1, -0.05) is 23.7 Å². The quantitative estimate of drug-likeness (QED) is 0.689. The molecule has 5 rings (SSSR count). The second-order valence-corrected chi connectivity index (χ2v) is 8.22. The monoisotopic (exact) mass is 394 g/mol. The van der Waals surface area contributed by atoms with E-state index in [0.29, 0.717) is 29.3 Å². The highest BCUT2D eigenvalue weighted by atomic mass is 35.5. The first-order chi connectivity index (χ1) is 13.4. The Hall–Kier alpha value is -2.86. The molecule has 0 aliphatic carbocycles. The van der Waals surface area contributed by atoms with Gasteiger partial charge in [0.05, 0.1) is 33.6 Å². The second-order valence-electron chi connectivity index (χ2n) is 7.81. The number of anilines is 1. The summed E-state index contributed by atoms with van der Waals surface area (Å²) in [6.45, 7) is 5.87. The van der Waals surface area contributed by atoms with Crippen molar-refractivity contribution in [2.75, 3.05) is 24.5 Å². The van der Waals surface area contributed by atoms with Gasteiger partial charge in [0.2, 0.25) is 5.91 Å². The van der Waals surface area contributed by atoms with E-state index < -0.39 is 5.41 Å². The van der Waals surface area contributed by atoms with Gasteiger partial charge in [-0.05, 0) is 43.7 Å². The molecule has 2 aliphatic heterocycles. The highest BCUT2D eigenvalue weighted by molar-refractivity contribution is 6.35. The van der Waals surface area contributed by atoms with Gasteiger partial charge in [0.25, 0.3) is 5.56 Å². The number of benzene rings is 2. The zero-order valence-corrected chi connectivity index (χ0v) is 16.4. The summed E-state index contributed by atoms with van der Waals surface area (Å²) in [5.74, 6) is 0.728. The number of hydrogen-bond donors (Lipinski definition) is 1. The SMILES string of the molecule is CC1(C)c2ccc(N3CCNC(=O)C3)cc2-n2c1nc(=O)c1c(Cl)cccc12. The van der Waals surface area contributed by atoms with E-state index in [9.17, 15) is 9.59 Å². The standard InChI is InChI=1S/C21H19ClN4O2/c1-21(2)13-7-6-12(25-9-8-23-17(27)11-25)10-16(13)26-15-5-3-4-14(22)18(15)19(28)24-20(21)26/h3-7,10H,8-9,11H2,1-2H3,(H,23,27). The van der Waals surface area contributed by atoms with Crippen LogP contribution in [0.4, 0.5) is 5.69 Å². The maximum atomic E-state index is 12.7. The first kappa shape index (κ1) is 17.3. The lowest BCUT2D eigenvalue weighted by atomic mass is 9.85. The summed E-state index contributed by atoms with van der Waals surface area (Å²) in [4.78, 5) is 31.0. The Labute approximate surface area is 166 Å². The van der Waals surface area contributed by atoms with Gasteiger partial charge in [-0.3, -0.25) is 14.2 Å². The minimum atomic E-state index is -0.414. The molecule has 0 saturated carbocycles. The molecule has 7 heteroatoms. The van der Waals surface area contributed by atoms with Crippen molar-refractivity contribution in [1.29, 1.82) is 0 Å². The number of aromatic nitrogens is 2. The molecule has 6 nitrogen and oxygen atoms in total. The van der Waals surface area contributed by atoms with Gasteiger partial charge in [0, 0.05) is 18.8 Å². The van der Waals surface area contributed by atoms with Crippen LogP contribution in [0.3, 0.4) is 0 Å². The number of rotatable bonds is 1. The normalized spacial score (nSPS) is 17.4. The molecular weight excluding hydrogens is 376 g/mol. The zero-order valence-electron chi connectivity index (χ0n) is 15.6. The predicted octanol–water partition coefficient (Wildman–Crippen LogP) is 2.61. The van der Waals surface area contributed by atoms with Gasteiger partial charge < -0.3 is 10.2 Å². The Morgan fingerprint density at radius 3 is 2.79 bits per heavy atom. The van der Waals surface area contributed by atoms with Crippen LogP contribution in [0.2, 0.25) is 5.02 Å². The Balaban J connectivity index is 1.79. The molecule has 1 fully saturated rings. The van der Waals surface area contributed by atoms with E-state index in [2.05, 4.69) is 41.2 Å². The van der Waals surface area contributed by atoms with E-state index in [1.807, 2.05) is 22.8 Å². The summed E-state index contributed by atoms with van der Waals surface area (Å²) < 4.78 is 2.03. The fourth-order valence-electron chi connectivity index (χ4n) is 4.30. The molecule has 0 unspecified atom stereocenters. The Kier molecular flexibility index (Phi) is 3.58. The average molecular weight is 395 g/mol. The minimum absolute atomic E-state index is 0.0232. The van der Waals surface area contributed by atoms with Crippen LogP contribution in [0, 0.1) is 0 Å². The number of nitrogens with one attached hydrogen (secondary N) is 1. The first-order valence-electron chi connectivity index (χ1n) is 9.26. The third kappa shape index (κ3) is 2.31. The molecule has 1 amide bonds. The largest absolute Gasteiger partial charge is 0.360 e. The van der Waals surface area contributed by atoms with Gasteiger partial charge in [-0.25, -0.2) is 0 Å². The van der Waals surface area contributed by atoms with Crippen molar-refractivity contribution in [3.8, 4) is 5.69 Å². The average Bonchev–Trinajstić information content (AvgIpc) is 2.89. The maximum absolute atomic E-state index is 12.7. The fraction of sp³-hybridized carbons (Fsp3) is 0.286. The van der Waals surface area contributed by atoms with Gasteiger partial charge in [0.1, 0.15) is 5.82 Å². The number of fused-ring (bicyclic) bond motifs is 5. The molecule has 0 radical (unpaired) electrons. The van der Waals surface area contributed by atoms with E-state index in [4.69, 9.17) is 11.6 Å². The summed E-state index contributed by atoms with van der Waals surface area (Å²) in [6.07, 6.45) is 0. The number of halogens is 1. The molecule has 142 valence electrons. The fourth-order valence-corrected chi connectivity index (χ4v) is 4.55. The number of hydrogen-bond acceptors (Lipinski definition) is 4. The van der Waals surface area contributed by atoms with Crippen molar-refractivity contribution in [2.45, 2.75) is 19.3 Å². The molecule has 1 aromatic heterocycles. The highest BCUT2D eigenvalue weighted by Crippen LogP contribution is 2.44. The summed E-state index contributed by atoms with van der Waals surface area (Å²) in [5, 5.41) is 3.69. The van der Waals surface area contributed by atoms with Gasteiger partial charge in [-0.2, -0.15) is 4.98 Å². The van der Waals surface area contributed by atoms with Crippen LogP contribution in [0.25, 0.3) is 16.6 Å². The molecule has 0 bridgehead atoms. The summed E-state index contributed by atoms with van der Waals surface area (Å²) in [6, 6.07) is 11.7. The van der Waals surface area contributed by atoms with E-state index >= 15 is 0 Å². The van der Waals surface area contributed by atoms with E-state index in [1.54, 1.807) is 6.07 Å². The summed E-state index contributed by atoms with van der Waals surface area (Å²) in [5.41, 5.74) is 3.08. The molecule has 28 heavy (non-hydrogen) atoms. The van der Waals surface area contributed by atoms with Gasteiger partial charge >= 0.3 is 0 Å². The van der Waals surface area contributed by atoms with Crippen LogP contribution in [0.5, 0.6) is 0 Å². The maximum Gasteiger partial charge on any atom is 0.282 e. The molecule has 3 heterocycles. The number of piperazine rings is 1. The van der Waals surface area contributed by atoms with E-state index in [1.165, 1.54) is 0 Å². The van der Waals surface area contributed by atoms with Crippen LogP contribution in [-0.2, 0) is 10.2 Å². The molecule has 0 spiro atoms. The Morgan fingerprint density at radius 1 is 1.18 bits per heavy atom. The topological polar surface area (TPSA) is 67.2 Å². The van der Waals surface area contributed by atoms with Crippen LogP contribution in [0.1, 0.15) is 25.2 Å². The summed E-state index contributed by atoms with van der Waals surface area (Å²) in [7, 11) is 0. The van der Waals surface area contributed by atoms with Crippen LogP contribution in [-0.4, -0.2) is 35.1 Å². The van der Waals surface area contributed by atoms with E-state index in [0.717, 1.165) is 29.0 Å².